The van der Waals surface area contributed by atoms with Crippen molar-refractivity contribution in [1.29, 1.82) is 0 Å². The van der Waals surface area contributed by atoms with Crippen LogP contribution < -0.4 is 0 Å². The monoisotopic (exact) mass is 253 g/mol. The fourth-order valence-corrected chi connectivity index (χ4v) is 2.27. The van der Waals surface area contributed by atoms with E-state index in [2.05, 4.69) is 31.0 Å². The van der Waals surface area contributed by atoms with Crippen LogP contribution in [0.3, 0.4) is 0 Å². The Morgan fingerprint density at radius 3 is 2.32 bits per heavy atom. The molecule has 2 rings (SSSR count). The minimum absolute atomic E-state index is 0.114. The molecular formula is C17H19NO. The average molecular weight is 253 g/mol. The van der Waals surface area contributed by atoms with Crippen molar-refractivity contribution in [2.75, 3.05) is 0 Å². The van der Waals surface area contributed by atoms with E-state index in [0.29, 0.717) is 18.0 Å². The third-order valence-electron chi connectivity index (χ3n) is 3.39. The summed E-state index contributed by atoms with van der Waals surface area (Å²) in [6.07, 6.45) is 2.18. The van der Waals surface area contributed by atoms with Crippen molar-refractivity contribution in [1.82, 2.24) is 4.98 Å². The Kier molecular flexibility index (Phi) is 4.45. The number of carbonyl (C=O) groups is 1. The smallest absolute Gasteiger partial charge is 0.181 e. The van der Waals surface area contributed by atoms with Crippen molar-refractivity contribution in [2.45, 2.75) is 26.2 Å². The van der Waals surface area contributed by atoms with Crippen molar-refractivity contribution in [3.63, 3.8) is 0 Å². The van der Waals surface area contributed by atoms with Gasteiger partial charge in [0.2, 0.25) is 0 Å². The second kappa shape index (κ2) is 6.28. The Hall–Kier alpha value is -1.96. The summed E-state index contributed by atoms with van der Waals surface area (Å²) >= 11 is 0. The van der Waals surface area contributed by atoms with Crippen molar-refractivity contribution in [2.24, 2.45) is 5.92 Å². The molecular weight excluding hydrogens is 234 g/mol. The van der Waals surface area contributed by atoms with Crippen LogP contribution in [0, 0.1) is 5.92 Å². The van der Waals surface area contributed by atoms with E-state index in [1.54, 1.807) is 12.3 Å². The molecule has 1 aromatic carbocycles. The highest BCUT2D eigenvalue weighted by atomic mass is 16.1. The predicted octanol–water partition coefficient (Wildman–Crippen LogP) is 4.09. The molecule has 0 radical (unpaired) electrons. The first-order valence-corrected chi connectivity index (χ1v) is 6.67. The zero-order chi connectivity index (χ0) is 13.7. The van der Waals surface area contributed by atoms with E-state index in [-0.39, 0.29) is 11.7 Å². The molecule has 0 saturated heterocycles. The van der Waals surface area contributed by atoms with Crippen molar-refractivity contribution in [3.05, 3.63) is 66.0 Å². The number of Topliss-reactive ketones (excluding diaryl/α,β-unsaturated/α-hetero) is 1. The van der Waals surface area contributed by atoms with E-state index < -0.39 is 0 Å². The molecule has 1 atom stereocenters. The van der Waals surface area contributed by atoms with Gasteiger partial charge in [0.25, 0.3) is 0 Å². The lowest BCUT2D eigenvalue weighted by atomic mass is 9.84. The molecule has 0 fully saturated rings. The summed E-state index contributed by atoms with van der Waals surface area (Å²) in [6, 6.07) is 15.7. The molecule has 1 aromatic heterocycles. The van der Waals surface area contributed by atoms with E-state index in [9.17, 15) is 4.79 Å². The fraction of sp³-hybridized carbons (Fsp3) is 0.294. The molecule has 0 aliphatic carbocycles. The Labute approximate surface area is 114 Å². The highest BCUT2D eigenvalue weighted by Crippen LogP contribution is 2.28. The van der Waals surface area contributed by atoms with Crippen molar-refractivity contribution < 1.29 is 4.79 Å². The van der Waals surface area contributed by atoms with E-state index in [0.717, 1.165) is 0 Å². The topological polar surface area (TPSA) is 30.0 Å². The molecule has 0 spiro atoms. The third-order valence-corrected chi connectivity index (χ3v) is 3.39. The second-order valence-electron chi connectivity index (χ2n) is 5.10. The van der Waals surface area contributed by atoms with Crippen molar-refractivity contribution in [3.8, 4) is 0 Å². The number of hydrogen-bond donors (Lipinski definition) is 0. The maximum absolute atomic E-state index is 12.3. The largest absolute Gasteiger partial charge is 0.292 e. The molecule has 0 bridgehead atoms. The summed E-state index contributed by atoms with van der Waals surface area (Å²) in [5.74, 6) is 0.786. The molecule has 0 amide bonds. The number of pyridine rings is 1. The highest BCUT2D eigenvalue weighted by molar-refractivity contribution is 5.94. The molecule has 0 saturated carbocycles. The van der Waals surface area contributed by atoms with Gasteiger partial charge in [0, 0.05) is 12.6 Å². The molecule has 0 aliphatic heterocycles. The van der Waals surface area contributed by atoms with Gasteiger partial charge in [-0.2, -0.15) is 0 Å². The van der Waals surface area contributed by atoms with Crippen LogP contribution in [0.25, 0.3) is 0 Å². The van der Waals surface area contributed by atoms with Crippen LogP contribution in [-0.4, -0.2) is 10.8 Å². The first-order valence-electron chi connectivity index (χ1n) is 6.67. The Morgan fingerprint density at radius 1 is 1.05 bits per heavy atom. The van der Waals surface area contributed by atoms with E-state index in [1.165, 1.54) is 5.56 Å². The van der Waals surface area contributed by atoms with E-state index >= 15 is 0 Å². The standard InChI is InChI=1S/C17H19NO/c1-13(2)15(14-8-4-3-5-9-14)12-17(19)16-10-6-7-11-18-16/h3-11,13,15H,12H2,1-2H3. The quantitative estimate of drug-likeness (QED) is 0.751. The summed E-state index contributed by atoms with van der Waals surface area (Å²) in [7, 11) is 0. The third kappa shape index (κ3) is 3.50. The van der Waals surface area contributed by atoms with Gasteiger partial charge in [0.1, 0.15) is 5.69 Å². The summed E-state index contributed by atoms with van der Waals surface area (Å²) in [5, 5.41) is 0. The molecule has 2 aromatic rings. The Bertz CT molecular complexity index is 519. The number of carbonyl (C=O) groups excluding carboxylic acids is 1. The predicted molar refractivity (Wildman–Crippen MR) is 77.2 cm³/mol. The maximum atomic E-state index is 12.3. The molecule has 0 N–H and O–H groups in total. The molecule has 1 unspecified atom stereocenters. The fourth-order valence-electron chi connectivity index (χ4n) is 2.27. The van der Waals surface area contributed by atoms with Crippen LogP contribution in [0.15, 0.2) is 54.7 Å². The molecule has 2 nitrogen and oxygen atoms in total. The van der Waals surface area contributed by atoms with Crippen LogP contribution in [0.5, 0.6) is 0 Å². The minimum Gasteiger partial charge on any atom is -0.292 e. The number of benzene rings is 1. The summed E-state index contributed by atoms with van der Waals surface area (Å²) in [4.78, 5) is 16.4. The van der Waals surface area contributed by atoms with Crippen LogP contribution in [0.4, 0.5) is 0 Å². The number of hydrogen-bond acceptors (Lipinski definition) is 2. The van der Waals surface area contributed by atoms with Crippen molar-refractivity contribution >= 4 is 5.78 Å². The highest BCUT2D eigenvalue weighted by Gasteiger charge is 2.20. The molecule has 98 valence electrons. The van der Waals surface area contributed by atoms with Gasteiger partial charge in [-0.15, -0.1) is 0 Å². The van der Waals surface area contributed by atoms with Gasteiger partial charge in [0.05, 0.1) is 0 Å². The number of rotatable bonds is 5. The molecule has 0 aliphatic rings. The second-order valence-corrected chi connectivity index (χ2v) is 5.10. The Morgan fingerprint density at radius 2 is 1.74 bits per heavy atom. The van der Waals surface area contributed by atoms with Crippen LogP contribution in [0.2, 0.25) is 0 Å². The van der Waals surface area contributed by atoms with Gasteiger partial charge < -0.3 is 0 Å². The van der Waals surface area contributed by atoms with Gasteiger partial charge in [-0.3, -0.25) is 9.78 Å². The number of nitrogens with zero attached hydrogens (tertiary/aromatic N) is 1. The van der Waals surface area contributed by atoms with Gasteiger partial charge in [-0.05, 0) is 29.5 Å². The lowest BCUT2D eigenvalue weighted by Gasteiger charge is -2.20. The van der Waals surface area contributed by atoms with Gasteiger partial charge in [-0.1, -0.05) is 50.2 Å². The molecule has 1 heterocycles. The van der Waals surface area contributed by atoms with E-state index in [4.69, 9.17) is 0 Å². The van der Waals surface area contributed by atoms with Gasteiger partial charge in [-0.25, -0.2) is 0 Å². The first kappa shape index (κ1) is 13.5. The summed E-state index contributed by atoms with van der Waals surface area (Å²) in [6.45, 7) is 4.31. The SMILES string of the molecule is CC(C)C(CC(=O)c1ccccn1)c1ccccc1. The number of aromatic nitrogens is 1. The lowest BCUT2D eigenvalue weighted by molar-refractivity contribution is 0.0961. The van der Waals surface area contributed by atoms with Crippen LogP contribution in [-0.2, 0) is 0 Å². The zero-order valence-corrected chi connectivity index (χ0v) is 11.4. The summed E-state index contributed by atoms with van der Waals surface area (Å²) in [5.41, 5.74) is 1.78. The molecule has 2 heteroatoms. The van der Waals surface area contributed by atoms with Gasteiger partial charge in [0.15, 0.2) is 5.78 Å². The number of ketones is 1. The first-order chi connectivity index (χ1) is 9.18. The summed E-state index contributed by atoms with van der Waals surface area (Å²) < 4.78 is 0. The molecule has 19 heavy (non-hydrogen) atoms. The Balaban J connectivity index is 2.17. The van der Waals surface area contributed by atoms with E-state index in [1.807, 2.05) is 30.3 Å². The normalized spacial score (nSPS) is 12.4. The van der Waals surface area contributed by atoms with Gasteiger partial charge >= 0.3 is 0 Å². The minimum atomic E-state index is 0.114. The zero-order valence-electron chi connectivity index (χ0n) is 11.4. The average Bonchev–Trinajstić information content (AvgIpc) is 2.46. The van der Waals surface area contributed by atoms with Crippen LogP contribution >= 0.6 is 0 Å². The van der Waals surface area contributed by atoms with Crippen LogP contribution in [0.1, 0.15) is 42.2 Å². The maximum Gasteiger partial charge on any atom is 0.181 e. The lowest BCUT2D eigenvalue weighted by Crippen LogP contribution is -2.13.